The first-order valence-corrected chi connectivity index (χ1v) is 10.4. The number of carbonyl (C=O) groups excluding carboxylic acids is 2. The van der Waals surface area contributed by atoms with Gasteiger partial charge in [0.1, 0.15) is 5.78 Å². The van der Waals surface area contributed by atoms with E-state index in [0.29, 0.717) is 12.3 Å². The van der Waals surface area contributed by atoms with Crippen molar-refractivity contribution in [2.75, 3.05) is 7.05 Å². The van der Waals surface area contributed by atoms with Crippen LogP contribution in [0.3, 0.4) is 0 Å². The molecule has 1 amide bonds. The first kappa shape index (κ1) is 21.5. The predicted octanol–water partition coefficient (Wildman–Crippen LogP) is 4.40. The van der Waals surface area contributed by atoms with Gasteiger partial charge < -0.3 is 10.3 Å². The Morgan fingerprint density at radius 2 is 1.93 bits per heavy atom. The van der Waals surface area contributed by atoms with Crippen LogP contribution in [0.4, 0.5) is 0 Å². The molecule has 0 aliphatic rings. The van der Waals surface area contributed by atoms with Crippen LogP contribution in [0.15, 0.2) is 30.5 Å². The Morgan fingerprint density at radius 1 is 1.22 bits per heavy atom. The molecule has 0 saturated heterocycles. The zero-order valence-electron chi connectivity index (χ0n) is 16.8. The molecule has 0 spiro atoms. The standard InChI is InChI=1S/C22H32N2O2S/c1-5-21(27)18(10-14(2)3)20(25)12-15(22(26)23-4)11-16-13-24-19-9-7-6-8-17(16)19/h6-9,13-15,18,21,24,27H,5,10-12H2,1-4H3,(H,23,26)/t15-,18+,21-/m1/s1. The van der Waals surface area contributed by atoms with Crippen molar-refractivity contribution in [2.24, 2.45) is 17.8 Å². The Bertz CT molecular complexity index is 769. The number of fused-ring (bicyclic) bond motifs is 1. The molecule has 2 N–H and O–H groups in total. The lowest BCUT2D eigenvalue weighted by Gasteiger charge is -2.25. The van der Waals surface area contributed by atoms with Crippen LogP contribution in [0.1, 0.15) is 45.6 Å². The second-order valence-corrected chi connectivity index (χ2v) is 8.42. The third-order valence-electron chi connectivity index (χ3n) is 5.23. The van der Waals surface area contributed by atoms with Gasteiger partial charge in [-0.1, -0.05) is 39.0 Å². The summed E-state index contributed by atoms with van der Waals surface area (Å²) >= 11 is 4.65. The minimum Gasteiger partial charge on any atom is -0.361 e. The molecule has 2 rings (SSSR count). The molecule has 0 aliphatic heterocycles. The largest absolute Gasteiger partial charge is 0.361 e. The Labute approximate surface area is 167 Å². The number of carbonyl (C=O) groups is 2. The number of H-pyrrole nitrogens is 1. The van der Waals surface area contributed by atoms with E-state index in [1.54, 1.807) is 7.05 Å². The fourth-order valence-electron chi connectivity index (χ4n) is 3.72. The van der Waals surface area contributed by atoms with E-state index < -0.39 is 0 Å². The quantitative estimate of drug-likeness (QED) is 0.528. The number of hydrogen-bond donors (Lipinski definition) is 3. The van der Waals surface area contributed by atoms with Gasteiger partial charge in [0, 0.05) is 47.7 Å². The number of hydrogen-bond acceptors (Lipinski definition) is 3. The number of benzene rings is 1. The molecule has 3 atom stereocenters. The van der Waals surface area contributed by atoms with Crippen molar-refractivity contribution in [3.63, 3.8) is 0 Å². The van der Waals surface area contributed by atoms with E-state index in [4.69, 9.17) is 0 Å². The van der Waals surface area contributed by atoms with Crippen LogP contribution in [-0.2, 0) is 16.0 Å². The van der Waals surface area contributed by atoms with Crippen LogP contribution in [-0.4, -0.2) is 29.0 Å². The monoisotopic (exact) mass is 388 g/mol. The fraction of sp³-hybridized carbons (Fsp3) is 0.545. The minimum atomic E-state index is -0.367. The molecule has 0 saturated carbocycles. The lowest BCUT2D eigenvalue weighted by molar-refractivity contribution is -0.131. The zero-order chi connectivity index (χ0) is 20.0. The average molecular weight is 389 g/mol. The smallest absolute Gasteiger partial charge is 0.223 e. The van der Waals surface area contributed by atoms with Crippen LogP contribution >= 0.6 is 12.6 Å². The summed E-state index contributed by atoms with van der Waals surface area (Å²) in [5.41, 5.74) is 2.12. The molecule has 148 valence electrons. The highest BCUT2D eigenvalue weighted by molar-refractivity contribution is 7.81. The third-order valence-corrected chi connectivity index (χ3v) is 5.95. The van der Waals surface area contributed by atoms with E-state index in [-0.39, 0.29) is 35.2 Å². The number of aromatic nitrogens is 1. The van der Waals surface area contributed by atoms with E-state index in [9.17, 15) is 9.59 Å². The molecule has 0 fully saturated rings. The SMILES string of the molecule is CC[C@@H](S)[C@@H](CC(C)C)C(=O)C[C@@H](Cc1c[nH]c2ccccc12)C(=O)NC. The summed E-state index contributed by atoms with van der Waals surface area (Å²) in [5, 5.41) is 3.88. The highest BCUT2D eigenvalue weighted by Crippen LogP contribution is 2.28. The number of ketones is 1. The first-order chi connectivity index (χ1) is 12.9. The van der Waals surface area contributed by atoms with Crippen molar-refractivity contribution < 1.29 is 9.59 Å². The van der Waals surface area contributed by atoms with Crippen LogP contribution in [0, 0.1) is 17.8 Å². The van der Waals surface area contributed by atoms with Crippen molar-refractivity contribution in [2.45, 2.75) is 51.7 Å². The maximum atomic E-state index is 13.1. The Balaban J connectivity index is 2.20. The van der Waals surface area contributed by atoms with Crippen molar-refractivity contribution in [1.29, 1.82) is 0 Å². The topological polar surface area (TPSA) is 62.0 Å². The van der Waals surface area contributed by atoms with E-state index in [0.717, 1.165) is 29.3 Å². The number of Topliss-reactive ketones (excluding diaryl/α,β-unsaturated/α-hetero) is 1. The molecular formula is C22H32N2O2S. The summed E-state index contributed by atoms with van der Waals surface area (Å²) in [7, 11) is 1.63. The maximum Gasteiger partial charge on any atom is 0.223 e. The van der Waals surface area contributed by atoms with Crippen LogP contribution in [0.25, 0.3) is 10.9 Å². The molecule has 1 aromatic carbocycles. The van der Waals surface area contributed by atoms with E-state index in [1.165, 1.54) is 0 Å². The Morgan fingerprint density at radius 3 is 2.56 bits per heavy atom. The van der Waals surface area contributed by atoms with E-state index >= 15 is 0 Å². The minimum absolute atomic E-state index is 0.0401. The van der Waals surface area contributed by atoms with Gasteiger partial charge in [-0.2, -0.15) is 12.6 Å². The summed E-state index contributed by atoms with van der Waals surface area (Å²) < 4.78 is 0. The number of aromatic amines is 1. The second-order valence-electron chi connectivity index (χ2n) is 7.76. The molecule has 27 heavy (non-hydrogen) atoms. The van der Waals surface area contributed by atoms with Gasteiger partial charge in [0.25, 0.3) is 0 Å². The van der Waals surface area contributed by atoms with Crippen molar-refractivity contribution in [3.05, 3.63) is 36.0 Å². The lowest BCUT2D eigenvalue weighted by atomic mass is 9.83. The van der Waals surface area contributed by atoms with Gasteiger partial charge in [-0.15, -0.1) is 0 Å². The Kier molecular flexibility index (Phi) is 7.96. The van der Waals surface area contributed by atoms with Gasteiger partial charge in [-0.3, -0.25) is 9.59 Å². The molecule has 0 radical (unpaired) electrons. The molecule has 0 unspecified atom stereocenters. The number of amides is 1. The van der Waals surface area contributed by atoms with Gasteiger partial charge in [-0.05, 0) is 36.8 Å². The molecule has 0 bridgehead atoms. The molecule has 2 aromatic rings. The van der Waals surface area contributed by atoms with Crippen LogP contribution < -0.4 is 5.32 Å². The molecule has 1 heterocycles. The summed E-state index contributed by atoms with van der Waals surface area (Å²) in [6.45, 7) is 6.30. The van der Waals surface area contributed by atoms with Gasteiger partial charge in [-0.25, -0.2) is 0 Å². The molecule has 5 heteroatoms. The van der Waals surface area contributed by atoms with Crippen molar-refractivity contribution in [1.82, 2.24) is 10.3 Å². The van der Waals surface area contributed by atoms with Gasteiger partial charge in [0.05, 0.1) is 0 Å². The van der Waals surface area contributed by atoms with Crippen LogP contribution in [0.5, 0.6) is 0 Å². The number of thiol groups is 1. The van der Waals surface area contributed by atoms with Gasteiger partial charge >= 0.3 is 0 Å². The first-order valence-electron chi connectivity index (χ1n) is 9.84. The summed E-state index contributed by atoms with van der Waals surface area (Å²) in [4.78, 5) is 28.8. The van der Waals surface area contributed by atoms with Crippen molar-refractivity contribution in [3.8, 4) is 0 Å². The van der Waals surface area contributed by atoms with Crippen LogP contribution in [0.2, 0.25) is 0 Å². The zero-order valence-corrected chi connectivity index (χ0v) is 17.7. The van der Waals surface area contributed by atoms with E-state index in [1.807, 2.05) is 30.5 Å². The molecule has 1 aromatic heterocycles. The summed E-state index contributed by atoms with van der Waals surface area (Å²) in [5.74, 6) is 0.0255. The second kappa shape index (κ2) is 9.98. The number of rotatable bonds is 10. The lowest BCUT2D eigenvalue weighted by Crippen LogP contribution is -2.34. The summed E-state index contributed by atoms with van der Waals surface area (Å²) in [6, 6.07) is 8.04. The number of para-hydroxylation sites is 1. The predicted molar refractivity (Wildman–Crippen MR) is 115 cm³/mol. The average Bonchev–Trinajstić information content (AvgIpc) is 3.07. The van der Waals surface area contributed by atoms with Gasteiger partial charge in [0.2, 0.25) is 5.91 Å². The van der Waals surface area contributed by atoms with E-state index in [2.05, 4.69) is 43.7 Å². The molecular weight excluding hydrogens is 356 g/mol. The van der Waals surface area contributed by atoms with Gasteiger partial charge in [0.15, 0.2) is 0 Å². The fourth-order valence-corrected chi connectivity index (χ4v) is 4.01. The molecule has 0 aliphatic carbocycles. The Hall–Kier alpha value is -1.75. The normalized spacial score (nSPS) is 14.9. The third kappa shape index (κ3) is 5.61. The highest BCUT2D eigenvalue weighted by atomic mass is 32.1. The maximum absolute atomic E-state index is 13.1. The number of nitrogens with one attached hydrogen (secondary N) is 2. The van der Waals surface area contributed by atoms with Crippen molar-refractivity contribution >= 4 is 35.2 Å². The molecule has 4 nitrogen and oxygen atoms in total. The summed E-state index contributed by atoms with van der Waals surface area (Å²) in [6.07, 6.45) is 4.42. The highest BCUT2D eigenvalue weighted by Gasteiger charge is 2.30.